The average molecular weight is 306 g/mol. The van der Waals surface area contributed by atoms with E-state index >= 15 is 0 Å². The van der Waals surface area contributed by atoms with Crippen LogP contribution >= 0.6 is 0 Å². The molecule has 0 aromatic heterocycles. The summed E-state index contributed by atoms with van der Waals surface area (Å²) >= 11 is 0. The van der Waals surface area contributed by atoms with E-state index in [1.54, 1.807) is 0 Å². The number of carboxylic acid groups (broad SMARTS) is 1. The maximum Gasteiger partial charge on any atom is 0.303 e. The van der Waals surface area contributed by atoms with Gasteiger partial charge in [0, 0.05) is 11.8 Å². The first-order chi connectivity index (χ1) is 10.0. The number of rotatable bonds is 12. The number of unbranched alkanes of at least 4 members (excludes halogenated alkanes) is 6. The predicted octanol–water partition coefficient (Wildman–Crippen LogP) is 2.57. The molecule has 0 aromatic carbocycles. The largest absolute Gasteiger partial charge is 0.481 e. The second-order valence-electron chi connectivity index (χ2n) is 5.59. The van der Waals surface area contributed by atoms with Crippen molar-refractivity contribution in [2.24, 2.45) is 5.41 Å². The summed E-state index contributed by atoms with van der Waals surface area (Å²) in [7, 11) is 0. The molecule has 0 aliphatic heterocycles. The van der Waals surface area contributed by atoms with Crippen LogP contribution in [0.1, 0.15) is 71.6 Å². The first-order valence-corrected chi connectivity index (χ1v) is 8.06. The van der Waals surface area contributed by atoms with Gasteiger partial charge >= 0.3 is 5.97 Å². The van der Waals surface area contributed by atoms with Crippen LogP contribution in [0.15, 0.2) is 0 Å². The van der Waals surface area contributed by atoms with Gasteiger partial charge in [-0.25, -0.2) is 0 Å². The Balaban J connectivity index is 0. The Kier molecular flexibility index (Phi) is 17.0. The van der Waals surface area contributed by atoms with Crippen molar-refractivity contribution in [1.29, 1.82) is 0 Å². The molecule has 0 spiro atoms. The monoisotopic (exact) mass is 306 g/mol. The van der Waals surface area contributed by atoms with Gasteiger partial charge < -0.3 is 20.4 Å². The number of aliphatic hydroxyl groups excluding tert-OH is 3. The summed E-state index contributed by atoms with van der Waals surface area (Å²) in [5.74, 6) is -0.663. The molecule has 0 aliphatic rings. The van der Waals surface area contributed by atoms with Crippen molar-refractivity contribution in [1.82, 2.24) is 0 Å². The van der Waals surface area contributed by atoms with E-state index in [-0.39, 0.29) is 19.8 Å². The summed E-state index contributed by atoms with van der Waals surface area (Å²) < 4.78 is 0. The van der Waals surface area contributed by atoms with Crippen molar-refractivity contribution in [3.63, 3.8) is 0 Å². The SMILES string of the molecule is CCC(CO)(CO)CO.CCCCCCCCCC(=O)O. The minimum Gasteiger partial charge on any atom is -0.481 e. The summed E-state index contributed by atoms with van der Waals surface area (Å²) in [4.78, 5) is 10.1. The maximum absolute atomic E-state index is 10.1. The van der Waals surface area contributed by atoms with Crippen LogP contribution < -0.4 is 0 Å². The maximum atomic E-state index is 10.1. The van der Waals surface area contributed by atoms with Crippen molar-refractivity contribution >= 4 is 5.97 Å². The van der Waals surface area contributed by atoms with Crippen LogP contribution in [0.25, 0.3) is 0 Å². The van der Waals surface area contributed by atoms with Gasteiger partial charge in [-0.05, 0) is 12.8 Å². The lowest BCUT2D eigenvalue weighted by molar-refractivity contribution is -0.137. The molecule has 0 heterocycles. The molecule has 5 nitrogen and oxygen atoms in total. The van der Waals surface area contributed by atoms with E-state index in [0.29, 0.717) is 12.8 Å². The van der Waals surface area contributed by atoms with E-state index in [1.165, 1.54) is 32.1 Å². The average Bonchev–Trinajstić information content (AvgIpc) is 2.50. The molecule has 21 heavy (non-hydrogen) atoms. The van der Waals surface area contributed by atoms with Crippen LogP contribution in [0, 0.1) is 5.41 Å². The minimum atomic E-state index is -0.667. The summed E-state index contributed by atoms with van der Waals surface area (Å²) in [6, 6.07) is 0. The number of aliphatic carboxylic acids is 1. The molecule has 0 rings (SSSR count). The highest BCUT2D eigenvalue weighted by molar-refractivity contribution is 5.66. The molecule has 0 bridgehead atoms. The smallest absolute Gasteiger partial charge is 0.303 e. The van der Waals surface area contributed by atoms with Gasteiger partial charge in [-0.2, -0.15) is 0 Å². The molecule has 0 aromatic rings. The third-order valence-corrected chi connectivity index (χ3v) is 3.75. The molecule has 0 atom stereocenters. The van der Waals surface area contributed by atoms with E-state index in [0.717, 1.165) is 12.8 Å². The quantitative estimate of drug-likeness (QED) is 0.415. The molecule has 0 radical (unpaired) electrons. The van der Waals surface area contributed by atoms with Crippen molar-refractivity contribution in [2.45, 2.75) is 71.6 Å². The van der Waals surface area contributed by atoms with Gasteiger partial charge in [0.05, 0.1) is 19.8 Å². The highest BCUT2D eigenvalue weighted by atomic mass is 16.4. The molecule has 0 amide bonds. The molecular formula is C16H34O5. The Morgan fingerprint density at radius 1 is 0.810 bits per heavy atom. The topological polar surface area (TPSA) is 98.0 Å². The molecule has 0 saturated heterocycles. The van der Waals surface area contributed by atoms with Crippen molar-refractivity contribution in [3.8, 4) is 0 Å². The lowest BCUT2D eigenvalue weighted by Gasteiger charge is -2.24. The van der Waals surface area contributed by atoms with Gasteiger partial charge in [0.15, 0.2) is 0 Å². The zero-order chi connectivity index (χ0) is 16.6. The van der Waals surface area contributed by atoms with E-state index < -0.39 is 11.4 Å². The Labute approximate surface area is 129 Å². The Hall–Kier alpha value is -0.650. The number of aliphatic hydroxyl groups is 3. The van der Waals surface area contributed by atoms with Crippen LogP contribution in [0.5, 0.6) is 0 Å². The number of carboxylic acids is 1. The standard InChI is InChI=1S/C10H20O2.C6H14O3/c1-2-3-4-5-6-7-8-9-10(11)12;1-2-6(3-7,4-8)5-9/h2-9H2,1H3,(H,11,12);7-9H,2-5H2,1H3. The third kappa shape index (κ3) is 14.1. The number of carbonyl (C=O) groups is 1. The normalized spacial score (nSPS) is 10.9. The summed E-state index contributed by atoms with van der Waals surface area (Å²) in [5, 5.41) is 34.3. The van der Waals surface area contributed by atoms with Gasteiger partial charge in [0.25, 0.3) is 0 Å². The van der Waals surface area contributed by atoms with E-state index in [1.807, 2.05) is 6.92 Å². The molecule has 0 fully saturated rings. The molecular weight excluding hydrogens is 272 g/mol. The van der Waals surface area contributed by atoms with E-state index in [4.69, 9.17) is 20.4 Å². The van der Waals surface area contributed by atoms with Gasteiger partial charge in [-0.3, -0.25) is 4.79 Å². The van der Waals surface area contributed by atoms with Crippen LogP contribution in [0.2, 0.25) is 0 Å². The summed E-state index contributed by atoms with van der Waals surface area (Å²) in [6.07, 6.45) is 9.24. The van der Waals surface area contributed by atoms with Crippen molar-refractivity contribution < 1.29 is 25.2 Å². The van der Waals surface area contributed by atoms with Crippen molar-refractivity contribution in [3.05, 3.63) is 0 Å². The summed E-state index contributed by atoms with van der Waals surface area (Å²) in [5.41, 5.74) is -0.667. The zero-order valence-electron chi connectivity index (χ0n) is 13.7. The fourth-order valence-corrected chi connectivity index (χ4v) is 1.72. The van der Waals surface area contributed by atoms with E-state index in [9.17, 15) is 4.79 Å². The van der Waals surface area contributed by atoms with Crippen molar-refractivity contribution in [2.75, 3.05) is 19.8 Å². The van der Waals surface area contributed by atoms with Gasteiger partial charge in [-0.15, -0.1) is 0 Å². The molecule has 128 valence electrons. The van der Waals surface area contributed by atoms with Crippen LogP contribution in [0.4, 0.5) is 0 Å². The minimum absolute atomic E-state index is 0.156. The highest BCUT2D eigenvalue weighted by Crippen LogP contribution is 2.18. The highest BCUT2D eigenvalue weighted by Gasteiger charge is 2.24. The lowest BCUT2D eigenvalue weighted by atomic mass is 9.88. The number of hydrogen-bond donors (Lipinski definition) is 4. The molecule has 5 heteroatoms. The Bertz CT molecular complexity index is 209. The predicted molar refractivity (Wildman–Crippen MR) is 84.2 cm³/mol. The second kappa shape index (κ2) is 15.7. The molecule has 0 aliphatic carbocycles. The van der Waals surface area contributed by atoms with Gasteiger partial charge in [0.1, 0.15) is 0 Å². The Morgan fingerprint density at radius 2 is 1.24 bits per heavy atom. The second-order valence-corrected chi connectivity index (χ2v) is 5.59. The van der Waals surface area contributed by atoms with Crippen LogP contribution in [0.3, 0.4) is 0 Å². The molecule has 4 N–H and O–H groups in total. The van der Waals surface area contributed by atoms with Crippen LogP contribution in [-0.4, -0.2) is 46.2 Å². The van der Waals surface area contributed by atoms with Crippen LogP contribution in [-0.2, 0) is 4.79 Å². The Morgan fingerprint density at radius 3 is 1.52 bits per heavy atom. The fourth-order valence-electron chi connectivity index (χ4n) is 1.72. The van der Waals surface area contributed by atoms with Gasteiger partial charge in [0.2, 0.25) is 0 Å². The molecule has 0 saturated carbocycles. The first kappa shape index (κ1) is 22.6. The van der Waals surface area contributed by atoms with E-state index in [2.05, 4.69) is 6.92 Å². The first-order valence-electron chi connectivity index (χ1n) is 8.06. The van der Waals surface area contributed by atoms with Gasteiger partial charge in [-0.1, -0.05) is 52.4 Å². The zero-order valence-corrected chi connectivity index (χ0v) is 13.7. The summed E-state index contributed by atoms with van der Waals surface area (Å²) in [6.45, 7) is 3.55. The number of hydrogen-bond acceptors (Lipinski definition) is 4. The fraction of sp³-hybridized carbons (Fsp3) is 0.938. The third-order valence-electron chi connectivity index (χ3n) is 3.75. The lowest BCUT2D eigenvalue weighted by Crippen LogP contribution is -2.32. The molecule has 0 unspecified atom stereocenters.